The van der Waals surface area contributed by atoms with E-state index in [2.05, 4.69) is 16.7 Å². The van der Waals surface area contributed by atoms with E-state index in [9.17, 15) is 4.79 Å². The van der Waals surface area contributed by atoms with Gasteiger partial charge in [0, 0.05) is 31.1 Å². The van der Waals surface area contributed by atoms with E-state index in [0.717, 1.165) is 25.2 Å². The van der Waals surface area contributed by atoms with Crippen LogP contribution in [0.1, 0.15) is 0 Å². The summed E-state index contributed by atoms with van der Waals surface area (Å²) in [6.07, 6.45) is 11.9. The van der Waals surface area contributed by atoms with Gasteiger partial charge in [-0.15, -0.1) is 0 Å². The number of amides is 1. The fourth-order valence-electron chi connectivity index (χ4n) is 2.79. The molecule has 2 N–H and O–H groups in total. The van der Waals surface area contributed by atoms with Gasteiger partial charge in [-0.1, -0.05) is 30.4 Å². The largest absolute Gasteiger partial charge is 0.352 e. The van der Waals surface area contributed by atoms with Crippen molar-refractivity contribution < 1.29 is 4.79 Å². The molecule has 0 radical (unpaired) electrons. The number of allylic oxidation sites excluding steroid dienone is 5. The molecule has 0 aromatic carbocycles. The summed E-state index contributed by atoms with van der Waals surface area (Å²) in [6, 6.07) is 0. The molecule has 1 saturated heterocycles. The van der Waals surface area contributed by atoms with Crippen LogP contribution in [0.25, 0.3) is 0 Å². The van der Waals surface area contributed by atoms with Crippen molar-refractivity contribution in [2.24, 2.45) is 11.8 Å². The fourth-order valence-corrected chi connectivity index (χ4v) is 2.79. The van der Waals surface area contributed by atoms with Crippen LogP contribution in [0, 0.1) is 11.8 Å². The molecule has 1 aliphatic carbocycles. The third-order valence-electron chi connectivity index (χ3n) is 3.69. The van der Waals surface area contributed by atoms with Crippen LogP contribution in [-0.4, -0.2) is 25.5 Å². The summed E-state index contributed by atoms with van der Waals surface area (Å²) in [5.74, 6) is 1.04. The van der Waals surface area contributed by atoms with Crippen molar-refractivity contribution in [2.75, 3.05) is 19.6 Å². The third kappa shape index (κ3) is 1.87. The summed E-state index contributed by atoms with van der Waals surface area (Å²) in [4.78, 5) is 12.0. The highest BCUT2D eigenvalue weighted by Gasteiger charge is 2.34. The summed E-state index contributed by atoms with van der Waals surface area (Å²) in [5, 5.41) is 6.43. The molecule has 0 aromatic heterocycles. The molecule has 3 rings (SSSR count). The number of hydrogen-bond donors (Lipinski definition) is 2. The molecule has 3 nitrogen and oxygen atoms in total. The second-order valence-corrected chi connectivity index (χ2v) is 4.71. The van der Waals surface area contributed by atoms with Gasteiger partial charge in [0.15, 0.2) is 0 Å². The van der Waals surface area contributed by atoms with Crippen molar-refractivity contribution in [3.8, 4) is 0 Å². The first-order chi connectivity index (χ1) is 8.36. The first-order valence-corrected chi connectivity index (χ1v) is 6.11. The van der Waals surface area contributed by atoms with Gasteiger partial charge in [0.1, 0.15) is 0 Å². The topological polar surface area (TPSA) is 41.1 Å². The van der Waals surface area contributed by atoms with Crippen LogP contribution in [-0.2, 0) is 4.79 Å². The number of rotatable bonds is 0. The molecule has 0 aromatic rings. The maximum absolute atomic E-state index is 12.0. The van der Waals surface area contributed by atoms with E-state index in [-0.39, 0.29) is 5.91 Å². The molecular formula is C14H16N2O. The SMILES string of the molecule is O=C1NCC2CNCC2C2=C1C=CC=CC=C2. The van der Waals surface area contributed by atoms with Gasteiger partial charge in [0.2, 0.25) is 0 Å². The molecule has 0 saturated carbocycles. The molecule has 2 aliphatic heterocycles. The Morgan fingerprint density at radius 1 is 1.00 bits per heavy atom. The van der Waals surface area contributed by atoms with Crippen LogP contribution < -0.4 is 10.6 Å². The summed E-state index contributed by atoms with van der Waals surface area (Å²) < 4.78 is 0. The summed E-state index contributed by atoms with van der Waals surface area (Å²) in [5.41, 5.74) is 2.00. The monoisotopic (exact) mass is 228 g/mol. The van der Waals surface area contributed by atoms with Gasteiger partial charge in [0.05, 0.1) is 0 Å². The molecule has 3 aliphatic rings. The zero-order chi connectivity index (χ0) is 11.7. The Bertz CT molecular complexity index is 457. The molecule has 0 spiro atoms. The van der Waals surface area contributed by atoms with E-state index in [1.807, 2.05) is 30.4 Å². The van der Waals surface area contributed by atoms with E-state index in [1.54, 1.807) is 0 Å². The Kier molecular flexibility index (Phi) is 2.69. The Labute approximate surface area is 101 Å². The van der Waals surface area contributed by atoms with Crippen LogP contribution in [0.5, 0.6) is 0 Å². The highest BCUT2D eigenvalue weighted by Crippen LogP contribution is 2.31. The first-order valence-electron chi connectivity index (χ1n) is 6.11. The zero-order valence-corrected chi connectivity index (χ0v) is 9.65. The van der Waals surface area contributed by atoms with Gasteiger partial charge in [-0.2, -0.15) is 0 Å². The number of nitrogens with one attached hydrogen (secondary N) is 2. The Hall–Kier alpha value is -1.61. The number of carbonyl (C=O) groups excluding carboxylic acids is 1. The molecule has 2 unspecified atom stereocenters. The highest BCUT2D eigenvalue weighted by molar-refractivity contribution is 5.98. The van der Waals surface area contributed by atoms with Gasteiger partial charge in [-0.05, 0) is 17.6 Å². The molecule has 88 valence electrons. The molecule has 1 amide bonds. The predicted molar refractivity (Wildman–Crippen MR) is 67.3 cm³/mol. The highest BCUT2D eigenvalue weighted by atomic mass is 16.1. The van der Waals surface area contributed by atoms with Gasteiger partial charge in [-0.25, -0.2) is 0 Å². The van der Waals surface area contributed by atoms with Gasteiger partial charge in [-0.3, -0.25) is 4.79 Å². The molecular weight excluding hydrogens is 212 g/mol. The second kappa shape index (κ2) is 4.34. The van der Waals surface area contributed by atoms with Crippen LogP contribution in [0.15, 0.2) is 47.6 Å². The average molecular weight is 228 g/mol. The first kappa shape index (κ1) is 10.5. The smallest absolute Gasteiger partial charge is 0.251 e. The minimum atomic E-state index is 0.0607. The molecule has 2 atom stereocenters. The lowest BCUT2D eigenvalue weighted by molar-refractivity contribution is -0.117. The molecule has 2 heterocycles. The molecule has 0 bridgehead atoms. The van der Waals surface area contributed by atoms with E-state index in [4.69, 9.17) is 0 Å². The Morgan fingerprint density at radius 3 is 2.71 bits per heavy atom. The second-order valence-electron chi connectivity index (χ2n) is 4.71. The maximum atomic E-state index is 12.0. The maximum Gasteiger partial charge on any atom is 0.251 e. The number of fused-ring (bicyclic) bond motifs is 2. The van der Waals surface area contributed by atoms with Gasteiger partial charge >= 0.3 is 0 Å². The quantitative estimate of drug-likeness (QED) is 0.647. The lowest BCUT2D eigenvalue weighted by Gasteiger charge is -2.17. The minimum absolute atomic E-state index is 0.0607. The fraction of sp³-hybridized carbons (Fsp3) is 0.357. The normalized spacial score (nSPS) is 31.4. The van der Waals surface area contributed by atoms with Crippen molar-refractivity contribution >= 4 is 5.91 Å². The van der Waals surface area contributed by atoms with E-state index >= 15 is 0 Å². The third-order valence-corrected chi connectivity index (χ3v) is 3.69. The van der Waals surface area contributed by atoms with E-state index < -0.39 is 0 Å². The Morgan fingerprint density at radius 2 is 1.82 bits per heavy atom. The van der Waals surface area contributed by atoms with Crippen molar-refractivity contribution in [1.82, 2.24) is 10.6 Å². The molecule has 3 heteroatoms. The summed E-state index contributed by atoms with van der Waals surface area (Å²) >= 11 is 0. The van der Waals surface area contributed by atoms with Crippen LogP contribution in [0.3, 0.4) is 0 Å². The molecule has 17 heavy (non-hydrogen) atoms. The van der Waals surface area contributed by atoms with Crippen LogP contribution >= 0.6 is 0 Å². The van der Waals surface area contributed by atoms with Crippen molar-refractivity contribution in [2.45, 2.75) is 0 Å². The van der Waals surface area contributed by atoms with Crippen LogP contribution in [0.2, 0.25) is 0 Å². The minimum Gasteiger partial charge on any atom is -0.352 e. The van der Waals surface area contributed by atoms with Gasteiger partial charge < -0.3 is 10.6 Å². The Balaban J connectivity index is 2.08. The van der Waals surface area contributed by atoms with E-state index in [1.165, 1.54) is 5.57 Å². The van der Waals surface area contributed by atoms with E-state index in [0.29, 0.717) is 11.8 Å². The molecule has 1 fully saturated rings. The standard InChI is InChI=1S/C14H16N2O/c17-14-12-6-4-2-1-3-5-11(12)13-9-15-7-10(13)8-16-14/h1-6,10,13,15H,7-9H2,(H,16,17). The summed E-state index contributed by atoms with van der Waals surface area (Å²) in [7, 11) is 0. The lowest BCUT2D eigenvalue weighted by atomic mass is 9.86. The predicted octanol–water partition coefficient (Wildman–Crippen LogP) is 0.931. The zero-order valence-electron chi connectivity index (χ0n) is 9.65. The van der Waals surface area contributed by atoms with Crippen molar-refractivity contribution in [1.29, 1.82) is 0 Å². The van der Waals surface area contributed by atoms with Crippen molar-refractivity contribution in [3.63, 3.8) is 0 Å². The number of hydrogen-bond acceptors (Lipinski definition) is 2. The summed E-state index contributed by atoms with van der Waals surface area (Å²) in [6.45, 7) is 2.74. The number of carbonyl (C=O) groups is 1. The average Bonchev–Trinajstić information content (AvgIpc) is 2.70. The lowest BCUT2D eigenvalue weighted by Crippen LogP contribution is -2.29. The van der Waals surface area contributed by atoms with Gasteiger partial charge in [0.25, 0.3) is 5.91 Å². The van der Waals surface area contributed by atoms with Crippen molar-refractivity contribution in [3.05, 3.63) is 47.6 Å². The van der Waals surface area contributed by atoms with Crippen LogP contribution in [0.4, 0.5) is 0 Å².